The topological polar surface area (TPSA) is 86.7 Å². The van der Waals surface area contributed by atoms with Crippen molar-refractivity contribution in [1.29, 1.82) is 0 Å². The minimum Gasteiger partial charge on any atom is -0.462 e. The SMILES string of the molecule is CCOC(=O)c1c(C)oc2cc(Br)c3oc(=O)c(C(C)=O)cc3c12. The fourth-order valence-electron chi connectivity index (χ4n) is 2.64. The summed E-state index contributed by atoms with van der Waals surface area (Å²) >= 11 is 3.32. The van der Waals surface area contributed by atoms with Gasteiger partial charge in [-0.3, -0.25) is 4.79 Å². The number of ether oxygens (including phenoxy) is 1. The predicted octanol–water partition coefficient (Wildman–Crippen LogP) is 3.99. The number of hydrogen-bond acceptors (Lipinski definition) is 6. The van der Waals surface area contributed by atoms with Crippen LogP contribution in [0.1, 0.15) is 40.3 Å². The molecular formula is C17H13BrO6. The zero-order valence-corrected chi connectivity index (χ0v) is 14.8. The van der Waals surface area contributed by atoms with Gasteiger partial charge in [-0.15, -0.1) is 0 Å². The smallest absolute Gasteiger partial charge is 0.347 e. The number of rotatable bonds is 3. The lowest BCUT2D eigenvalue weighted by Gasteiger charge is -2.05. The van der Waals surface area contributed by atoms with Crippen LogP contribution in [0.15, 0.2) is 30.2 Å². The van der Waals surface area contributed by atoms with Crippen LogP contribution in [-0.2, 0) is 4.74 Å². The molecular weight excluding hydrogens is 380 g/mol. The van der Waals surface area contributed by atoms with Gasteiger partial charge < -0.3 is 13.6 Å². The molecule has 0 N–H and O–H groups in total. The molecule has 0 radical (unpaired) electrons. The quantitative estimate of drug-likeness (QED) is 0.380. The number of Topliss-reactive ketones (excluding diaryl/α,β-unsaturated/α-hetero) is 1. The van der Waals surface area contributed by atoms with Crippen molar-refractivity contribution >= 4 is 49.6 Å². The van der Waals surface area contributed by atoms with Crippen LogP contribution in [0.4, 0.5) is 0 Å². The maximum Gasteiger partial charge on any atom is 0.347 e. The lowest BCUT2D eigenvalue weighted by Crippen LogP contribution is -2.11. The molecule has 0 spiro atoms. The zero-order chi connectivity index (χ0) is 17.6. The molecule has 0 amide bonds. The van der Waals surface area contributed by atoms with E-state index in [1.807, 2.05) is 0 Å². The van der Waals surface area contributed by atoms with Gasteiger partial charge in [-0.05, 0) is 48.8 Å². The third-order valence-corrected chi connectivity index (χ3v) is 4.25. The zero-order valence-electron chi connectivity index (χ0n) is 13.2. The van der Waals surface area contributed by atoms with E-state index in [2.05, 4.69) is 15.9 Å². The first-order valence-electron chi connectivity index (χ1n) is 7.22. The Bertz CT molecular complexity index is 1060. The summed E-state index contributed by atoms with van der Waals surface area (Å²) in [5.74, 6) is -0.567. The summed E-state index contributed by atoms with van der Waals surface area (Å²) in [6, 6.07) is 3.04. The van der Waals surface area contributed by atoms with E-state index in [0.717, 1.165) is 0 Å². The van der Waals surface area contributed by atoms with Gasteiger partial charge in [0.25, 0.3) is 0 Å². The molecule has 2 aromatic heterocycles. The normalized spacial score (nSPS) is 11.2. The van der Waals surface area contributed by atoms with Gasteiger partial charge in [0.1, 0.15) is 22.5 Å². The Morgan fingerprint density at radius 3 is 2.58 bits per heavy atom. The number of carbonyl (C=O) groups is 2. The Morgan fingerprint density at radius 2 is 1.96 bits per heavy atom. The molecule has 124 valence electrons. The van der Waals surface area contributed by atoms with E-state index in [4.69, 9.17) is 13.6 Å². The summed E-state index contributed by atoms with van der Waals surface area (Å²) < 4.78 is 16.5. The number of carbonyl (C=O) groups excluding carboxylic acids is 2. The second-order valence-corrected chi connectivity index (χ2v) is 6.09. The van der Waals surface area contributed by atoms with E-state index in [1.54, 1.807) is 19.9 Å². The first kappa shape index (κ1) is 16.4. The van der Waals surface area contributed by atoms with Gasteiger partial charge in [0, 0.05) is 10.8 Å². The van der Waals surface area contributed by atoms with Crippen molar-refractivity contribution in [3.63, 3.8) is 0 Å². The van der Waals surface area contributed by atoms with Crippen LogP contribution >= 0.6 is 15.9 Å². The third kappa shape index (κ3) is 2.45. The summed E-state index contributed by atoms with van der Waals surface area (Å²) in [5, 5.41) is 0.888. The molecule has 2 heterocycles. The highest BCUT2D eigenvalue weighted by Gasteiger charge is 2.24. The number of benzene rings is 1. The molecule has 0 aliphatic heterocycles. The molecule has 0 unspecified atom stereocenters. The summed E-state index contributed by atoms with van der Waals surface area (Å²) in [6.45, 7) is 4.85. The van der Waals surface area contributed by atoms with E-state index in [9.17, 15) is 14.4 Å². The van der Waals surface area contributed by atoms with E-state index in [-0.39, 0.29) is 23.3 Å². The van der Waals surface area contributed by atoms with Gasteiger partial charge >= 0.3 is 11.6 Å². The fraction of sp³-hybridized carbons (Fsp3) is 0.235. The van der Waals surface area contributed by atoms with Crippen LogP contribution in [0.5, 0.6) is 0 Å². The second kappa shape index (κ2) is 5.90. The number of halogens is 1. The van der Waals surface area contributed by atoms with Gasteiger partial charge in [0.05, 0.1) is 11.1 Å². The molecule has 0 fully saturated rings. The van der Waals surface area contributed by atoms with Crippen LogP contribution in [0.2, 0.25) is 0 Å². The highest BCUT2D eigenvalue weighted by atomic mass is 79.9. The molecule has 0 aliphatic carbocycles. The summed E-state index contributed by atoms with van der Waals surface area (Å²) in [7, 11) is 0. The first-order valence-corrected chi connectivity index (χ1v) is 8.02. The lowest BCUT2D eigenvalue weighted by atomic mass is 10.0. The van der Waals surface area contributed by atoms with Gasteiger partial charge in [-0.1, -0.05) is 0 Å². The predicted molar refractivity (Wildman–Crippen MR) is 90.7 cm³/mol. The van der Waals surface area contributed by atoms with Crippen molar-refractivity contribution in [2.24, 2.45) is 0 Å². The summed E-state index contributed by atoms with van der Waals surface area (Å²) in [6.07, 6.45) is 0. The first-order chi connectivity index (χ1) is 11.3. The van der Waals surface area contributed by atoms with Crippen molar-refractivity contribution in [3.8, 4) is 0 Å². The maximum absolute atomic E-state index is 12.3. The number of ketones is 1. The van der Waals surface area contributed by atoms with Gasteiger partial charge in [0.2, 0.25) is 0 Å². The molecule has 0 saturated carbocycles. The molecule has 1 aromatic carbocycles. The molecule has 7 heteroatoms. The third-order valence-electron chi connectivity index (χ3n) is 3.66. The van der Waals surface area contributed by atoms with Crippen molar-refractivity contribution in [3.05, 3.63) is 43.9 Å². The van der Waals surface area contributed by atoms with E-state index >= 15 is 0 Å². The van der Waals surface area contributed by atoms with E-state index < -0.39 is 17.4 Å². The van der Waals surface area contributed by atoms with Crippen molar-refractivity contribution < 1.29 is 23.2 Å². The van der Waals surface area contributed by atoms with E-state index in [0.29, 0.717) is 26.6 Å². The molecule has 0 aliphatic rings. The van der Waals surface area contributed by atoms with Crippen molar-refractivity contribution in [2.45, 2.75) is 20.8 Å². The lowest BCUT2D eigenvalue weighted by molar-refractivity contribution is 0.0526. The fourth-order valence-corrected chi connectivity index (χ4v) is 3.15. The van der Waals surface area contributed by atoms with Crippen LogP contribution in [0.25, 0.3) is 21.9 Å². The average molecular weight is 393 g/mol. The number of esters is 1. The molecule has 0 atom stereocenters. The number of fused-ring (bicyclic) bond motifs is 3. The van der Waals surface area contributed by atoms with Crippen molar-refractivity contribution in [1.82, 2.24) is 0 Å². The summed E-state index contributed by atoms with van der Waals surface area (Å²) in [5.41, 5.74) is 0.110. The highest BCUT2D eigenvalue weighted by molar-refractivity contribution is 9.10. The number of furan rings is 1. The number of hydrogen-bond donors (Lipinski definition) is 0. The minimum absolute atomic E-state index is 0.0874. The molecule has 24 heavy (non-hydrogen) atoms. The van der Waals surface area contributed by atoms with Gasteiger partial charge in [-0.2, -0.15) is 0 Å². The molecule has 0 bridgehead atoms. The Labute approximate surface area is 144 Å². The average Bonchev–Trinajstić information content (AvgIpc) is 2.83. The summed E-state index contributed by atoms with van der Waals surface area (Å²) in [4.78, 5) is 35.9. The standard InChI is InChI=1S/C17H13BrO6/c1-4-22-17(21)13-8(3)23-12-6-11(18)15-10(14(12)13)5-9(7(2)19)16(20)24-15/h5-6H,4H2,1-3H3. The largest absolute Gasteiger partial charge is 0.462 e. The molecule has 6 nitrogen and oxygen atoms in total. The molecule has 3 aromatic rings. The van der Waals surface area contributed by atoms with Gasteiger partial charge in [0.15, 0.2) is 11.4 Å². The van der Waals surface area contributed by atoms with Crippen molar-refractivity contribution in [2.75, 3.05) is 6.61 Å². The van der Waals surface area contributed by atoms with E-state index in [1.165, 1.54) is 13.0 Å². The Kier molecular flexibility index (Phi) is 4.04. The van der Waals surface area contributed by atoms with Crippen LogP contribution in [0.3, 0.4) is 0 Å². The second-order valence-electron chi connectivity index (χ2n) is 5.23. The Balaban J connectivity index is 2.51. The molecule has 3 rings (SSSR count). The Hall–Kier alpha value is -2.41. The number of aryl methyl sites for hydroxylation is 1. The van der Waals surface area contributed by atoms with Crippen LogP contribution in [-0.4, -0.2) is 18.4 Å². The highest BCUT2D eigenvalue weighted by Crippen LogP contribution is 2.37. The van der Waals surface area contributed by atoms with Crippen LogP contribution in [0, 0.1) is 6.92 Å². The Morgan fingerprint density at radius 1 is 1.25 bits per heavy atom. The monoisotopic (exact) mass is 392 g/mol. The minimum atomic E-state index is -0.729. The molecule has 0 saturated heterocycles. The maximum atomic E-state index is 12.3. The van der Waals surface area contributed by atoms with Crippen LogP contribution < -0.4 is 5.63 Å². The van der Waals surface area contributed by atoms with Gasteiger partial charge in [-0.25, -0.2) is 9.59 Å².